The minimum atomic E-state index is -5.11. The lowest BCUT2D eigenvalue weighted by Gasteiger charge is -2.38. The summed E-state index contributed by atoms with van der Waals surface area (Å²) in [4.78, 5) is 25.9. The van der Waals surface area contributed by atoms with Crippen LogP contribution in [0.5, 0.6) is 0 Å². The van der Waals surface area contributed by atoms with Gasteiger partial charge < -0.3 is 10.0 Å². The molecule has 32 heavy (non-hydrogen) atoms. The molecular formula is C21H16ClF6NO3. The Kier molecular flexibility index (Phi) is 6.57. The molecule has 0 bridgehead atoms. The first-order valence-electron chi connectivity index (χ1n) is 9.33. The van der Waals surface area contributed by atoms with Gasteiger partial charge in [-0.1, -0.05) is 23.7 Å². The van der Waals surface area contributed by atoms with Crippen LogP contribution < -0.4 is 0 Å². The van der Waals surface area contributed by atoms with Crippen LogP contribution in [0.3, 0.4) is 0 Å². The van der Waals surface area contributed by atoms with Crippen LogP contribution >= 0.6 is 11.6 Å². The second kappa shape index (κ2) is 8.74. The van der Waals surface area contributed by atoms with Gasteiger partial charge in [0.1, 0.15) is 5.78 Å². The number of aliphatic hydroxyl groups excluding tert-OH is 1. The lowest BCUT2D eigenvalue weighted by atomic mass is 9.91. The molecule has 0 radical (unpaired) electrons. The molecule has 0 spiro atoms. The van der Waals surface area contributed by atoms with E-state index in [1.54, 1.807) is 0 Å². The molecule has 2 aromatic carbocycles. The van der Waals surface area contributed by atoms with Crippen LogP contribution in [0.15, 0.2) is 42.5 Å². The molecule has 0 aromatic heterocycles. The quantitative estimate of drug-likeness (QED) is 0.609. The van der Waals surface area contributed by atoms with Gasteiger partial charge >= 0.3 is 12.4 Å². The van der Waals surface area contributed by atoms with Crippen molar-refractivity contribution >= 4 is 23.3 Å². The number of carbonyl (C=O) groups is 2. The monoisotopic (exact) mass is 479 g/mol. The van der Waals surface area contributed by atoms with Crippen molar-refractivity contribution in [3.05, 3.63) is 69.7 Å². The van der Waals surface area contributed by atoms with Crippen molar-refractivity contribution in [2.45, 2.75) is 37.3 Å². The normalized spacial score (nSPS) is 18.6. The number of nitrogens with zero attached hydrogens (tertiary/aromatic N) is 1. The number of rotatable bonds is 3. The second-order valence-electron chi connectivity index (χ2n) is 7.35. The number of carbonyl (C=O) groups excluding carboxylic acids is 2. The molecule has 2 aromatic rings. The molecule has 1 fully saturated rings. The Morgan fingerprint density at radius 2 is 1.53 bits per heavy atom. The lowest BCUT2D eigenvalue weighted by Crippen LogP contribution is -2.49. The highest BCUT2D eigenvalue weighted by Crippen LogP contribution is 2.37. The Balaban J connectivity index is 2.01. The van der Waals surface area contributed by atoms with Crippen LogP contribution in [-0.2, 0) is 17.1 Å². The van der Waals surface area contributed by atoms with Gasteiger partial charge in [-0.25, -0.2) is 0 Å². The first-order valence-corrected chi connectivity index (χ1v) is 9.71. The van der Waals surface area contributed by atoms with Crippen LogP contribution in [0, 0.1) is 0 Å². The zero-order valence-corrected chi connectivity index (χ0v) is 16.9. The van der Waals surface area contributed by atoms with Crippen LogP contribution in [-0.4, -0.2) is 34.3 Å². The summed E-state index contributed by atoms with van der Waals surface area (Å²) < 4.78 is 79.0. The number of likely N-dealkylation sites (tertiary alicyclic amines) is 1. The highest BCUT2D eigenvalue weighted by atomic mass is 35.5. The Bertz CT molecular complexity index is 987. The third-order valence-corrected chi connectivity index (χ3v) is 5.39. The summed E-state index contributed by atoms with van der Waals surface area (Å²) in [6.45, 7) is -0.259. The number of ketones is 1. The predicted molar refractivity (Wildman–Crippen MR) is 102 cm³/mol. The van der Waals surface area contributed by atoms with Gasteiger partial charge in [-0.3, -0.25) is 9.59 Å². The van der Waals surface area contributed by atoms with E-state index in [0.29, 0.717) is 17.2 Å². The molecular weight excluding hydrogens is 464 g/mol. The average Bonchev–Trinajstić information content (AvgIpc) is 2.71. The number of hydrogen-bond donors (Lipinski definition) is 1. The number of halogens is 7. The highest BCUT2D eigenvalue weighted by molar-refractivity contribution is 6.30. The summed E-state index contributed by atoms with van der Waals surface area (Å²) in [6, 6.07) is 5.23. The third-order valence-electron chi connectivity index (χ3n) is 5.14. The summed E-state index contributed by atoms with van der Waals surface area (Å²) in [5.41, 5.74) is -3.81. The van der Waals surface area contributed by atoms with E-state index in [1.807, 2.05) is 0 Å². The Labute approximate surface area is 183 Å². The Hall–Kier alpha value is -2.59. The maximum Gasteiger partial charge on any atom is 0.416 e. The van der Waals surface area contributed by atoms with E-state index < -0.39 is 47.1 Å². The maximum absolute atomic E-state index is 13.2. The summed E-state index contributed by atoms with van der Waals surface area (Å²) in [7, 11) is 0. The molecule has 1 aliphatic heterocycles. The van der Waals surface area contributed by atoms with Crippen LogP contribution in [0.4, 0.5) is 26.3 Å². The zero-order valence-electron chi connectivity index (χ0n) is 16.2. The Morgan fingerprint density at radius 3 is 2.03 bits per heavy atom. The number of piperidine rings is 1. The summed E-state index contributed by atoms with van der Waals surface area (Å²) >= 11 is 5.80. The summed E-state index contributed by atoms with van der Waals surface area (Å²) in [5.74, 6) is -1.45. The number of Topliss-reactive ketones (excluding diaryl/α,β-unsaturated/α-hetero) is 1. The third kappa shape index (κ3) is 5.24. The molecule has 2 atom stereocenters. The van der Waals surface area contributed by atoms with E-state index in [2.05, 4.69) is 0 Å². The van der Waals surface area contributed by atoms with Crippen molar-refractivity contribution in [2.24, 2.45) is 0 Å². The molecule has 1 amide bonds. The zero-order chi connectivity index (χ0) is 23.8. The molecule has 4 nitrogen and oxygen atoms in total. The minimum absolute atomic E-state index is 0.0729. The topological polar surface area (TPSA) is 57.6 Å². The van der Waals surface area contributed by atoms with Crippen molar-refractivity contribution in [3.63, 3.8) is 0 Å². The molecule has 0 aliphatic carbocycles. The number of aliphatic hydroxyl groups is 1. The molecule has 0 saturated carbocycles. The number of alkyl halides is 6. The average molecular weight is 480 g/mol. The molecule has 1 N–H and O–H groups in total. The molecule has 1 heterocycles. The van der Waals surface area contributed by atoms with E-state index in [0.717, 1.165) is 4.90 Å². The molecule has 0 unspecified atom stereocenters. The van der Waals surface area contributed by atoms with Gasteiger partial charge in [0.05, 0.1) is 23.3 Å². The van der Waals surface area contributed by atoms with Crippen LogP contribution in [0.2, 0.25) is 5.02 Å². The largest absolute Gasteiger partial charge is 0.416 e. The predicted octanol–water partition coefficient (Wildman–Crippen LogP) is 5.28. The Morgan fingerprint density at radius 1 is 1.00 bits per heavy atom. The first kappa shape index (κ1) is 24.1. The van der Waals surface area contributed by atoms with Gasteiger partial charge in [-0.15, -0.1) is 0 Å². The fourth-order valence-corrected chi connectivity index (χ4v) is 3.64. The number of benzene rings is 2. The van der Waals surface area contributed by atoms with Gasteiger partial charge in [0.2, 0.25) is 0 Å². The lowest BCUT2D eigenvalue weighted by molar-refractivity contribution is -0.143. The van der Waals surface area contributed by atoms with Crippen LogP contribution in [0.25, 0.3) is 0 Å². The van der Waals surface area contributed by atoms with E-state index in [-0.39, 0.29) is 36.8 Å². The number of amides is 1. The van der Waals surface area contributed by atoms with Crippen molar-refractivity contribution in [2.75, 3.05) is 6.54 Å². The number of hydrogen-bond acceptors (Lipinski definition) is 3. The van der Waals surface area contributed by atoms with Gasteiger partial charge in [0.25, 0.3) is 5.91 Å². The summed E-state index contributed by atoms with van der Waals surface area (Å²) in [5, 5.41) is 11.1. The SMILES string of the molecule is O=C1CCN(C(=O)c2cc(C(F)(F)F)cc(C(F)(F)F)c2)[C@@H]([C@@H](O)c2ccc(Cl)cc2)C1. The maximum atomic E-state index is 13.2. The van der Waals surface area contributed by atoms with Gasteiger partial charge in [-0.05, 0) is 35.9 Å². The fourth-order valence-electron chi connectivity index (χ4n) is 3.52. The van der Waals surface area contributed by atoms with Crippen molar-refractivity contribution < 1.29 is 41.0 Å². The van der Waals surface area contributed by atoms with E-state index in [1.165, 1.54) is 24.3 Å². The first-order chi connectivity index (χ1) is 14.8. The molecule has 11 heteroatoms. The molecule has 172 valence electrons. The van der Waals surface area contributed by atoms with Crippen LogP contribution in [0.1, 0.15) is 46.0 Å². The fraction of sp³-hybridized carbons (Fsp3) is 0.333. The van der Waals surface area contributed by atoms with Gasteiger partial charge in [0.15, 0.2) is 0 Å². The molecule has 1 aliphatic rings. The smallest absolute Gasteiger partial charge is 0.386 e. The minimum Gasteiger partial charge on any atom is -0.386 e. The van der Waals surface area contributed by atoms with Crippen molar-refractivity contribution in [3.8, 4) is 0 Å². The highest BCUT2D eigenvalue weighted by Gasteiger charge is 2.40. The van der Waals surface area contributed by atoms with E-state index in [4.69, 9.17) is 11.6 Å². The standard InChI is InChI=1S/C21H16ClF6NO3/c22-15-3-1-11(2-4-15)18(31)17-10-16(30)5-6-29(17)19(32)12-7-13(20(23,24)25)9-14(8-12)21(26,27)28/h1-4,7-9,17-18,31H,5-6,10H2/t17-,18+/m1/s1. The van der Waals surface area contributed by atoms with Crippen molar-refractivity contribution in [1.29, 1.82) is 0 Å². The summed E-state index contributed by atoms with van der Waals surface area (Å²) in [6.07, 6.45) is -12.1. The van der Waals surface area contributed by atoms with Gasteiger partial charge in [-0.2, -0.15) is 26.3 Å². The molecule has 3 rings (SSSR count). The van der Waals surface area contributed by atoms with E-state index in [9.17, 15) is 41.0 Å². The van der Waals surface area contributed by atoms with Crippen molar-refractivity contribution in [1.82, 2.24) is 4.90 Å². The second-order valence-corrected chi connectivity index (χ2v) is 7.79. The van der Waals surface area contributed by atoms with E-state index >= 15 is 0 Å². The van der Waals surface area contributed by atoms with Gasteiger partial charge in [0, 0.05) is 30.0 Å². The molecule has 1 saturated heterocycles.